The molecule has 9 nitrogen and oxygen atoms in total. The number of anilines is 2. The Morgan fingerprint density at radius 2 is 2.14 bits per heavy atom. The number of nitrogens with zero attached hydrogens (tertiary/aromatic N) is 5. The standard InChI is InChI=1S/C17H23BrN6O3Si/c1-11-7-14(24(22-11)17(25)26)20-13-8-19-16-15(21-13)12(18)9-23(16)10-27-5-6-28(2,3)4/h7-9H,5-6,10H2,1-4H3,(H,20,21)(H,25,26). The quantitative estimate of drug-likeness (QED) is 0.395. The summed E-state index contributed by atoms with van der Waals surface area (Å²) >= 11 is 3.51. The number of ether oxygens (including phenoxy) is 1. The number of rotatable bonds is 7. The number of carbonyl (C=O) groups is 1. The van der Waals surface area contributed by atoms with Crippen LogP contribution in [0.5, 0.6) is 0 Å². The van der Waals surface area contributed by atoms with Crippen LogP contribution in [0, 0.1) is 6.92 Å². The van der Waals surface area contributed by atoms with E-state index in [0.29, 0.717) is 35.2 Å². The lowest BCUT2D eigenvalue weighted by Gasteiger charge is -2.15. The molecule has 0 amide bonds. The van der Waals surface area contributed by atoms with E-state index in [-0.39, 0.29) is 0 Å². The molecule has 3 heterocycles. The molecular weight excluding hydrogens is 444 g/mol. The van der Waals surface area contributed by atoms with Gasteiger partial charge in [-0.2, -0.15) is 5.10 Å². The Hall–Kier alpha value is -2.24. The van der Waals surface area contributed by atoms with Gasteiger partial charge in [0, 0.05) is 26.9 Å². The molecule has 0 bridgehead atoms. The average molecular weight is 467 g/mol. The zero-order valence-electron chi connectivity index (χ0n) is 16.2. The molecule has 0 saturated heterocycles. The Kier molecular flexibility index (Phi) is 5.86. The zero-order chi connectivity index (χ0) is 20.5. The summed E-state index contributed by atoms with van der Waals surface area (Å²) in [5, 5.41) is 16.1. The third-order valence-corrected chi connectivity index (χ3v) is 6.30. The highest BCUT2D eigenvalue weighted by atomic mass is 79.9. The fraction of sp³-hybridized carbons (Fsp3) is 0.412. The van der Waals surface area contributed by atoms with Crippen LogP contribution in [0.2, 0.25) is 25.7 Å². The SMILES string of the molecule is Cc1cc(Nc2cnc3c(n2)c(Br)cn3COCC[Si](C)(C)C)n(C(=O)O)n1. The molecule has 3 aromatic rings. The molecule has 3 aromatic heterocycles. The largest absolute Gasteiger partial charge is 0.463 e. The molecule has 150 valence electrons. The number of hydrogen-bond donors (Lipinski definition) is 2. The first-order valence-corrected chi connectivity index (χ1v) is 13.3. The van der Waals surface area contributed by atoms with Crippen molar-refractivity contribution in [3.8, 4) is 0 Å². The predicted octanol–water partition coefficient (Wildman–Crippen LogP) is 4.28. The van der Waals surface area contributed by atoms with Gasteiger partial charge in [-0.3, -0.25) is 0 Å². The maximum atomic E-state index is 11.3. The summed E-state index contributed by atoms with van der Waals surface area (Å²) in [5.41, 5.74) is 1.94. The van der Waals surface area contributed by atoms with Gasteiger partial charge in [0.2, 0.25) is 0 Å². The first-order valence-electron chi connectivity index (χ1n) is 8.80. The number of carboxylic acid groups (broad SMARTS) is 1. The van der Waals surface area contributed by atoms with Crippen LogP contribution in [0.1, 0.15) is 5.69 Å². The van der Waals surface area contributed by atoms with Crippen LogP contribution < -0.4 is 5.32 Å². The zero-order valence-corrected chi connectivity index (χ0v) is 18.8. The highest BCUT2D eigenvalue weighted by molar-refractivity contribution is 9.10. The first-order chi connectivity index (χ1) is 13.1. The number of aryl methyl sites for hydroxylation is 1. The molecular formula is C17H23BrN6O3Si. The average Bonchev–Trinajstić information content (AvgIpc) is 3.11. The topological polar surface area (TPSA) is 107 Å². The molecule has 0 aromatic carbocycles. The third kappa shape index (κ3) is 4.78. The highest BCUT2D eigenvalue weighted by Gasteiger charge is 2.15. The lowest BCUT2D eigenvalue weighted by Crippen LogP contribution is -2.22. The Morgan fingerprint density at radius 3 is 2.82 bits per heavy atom. The number of fused-ring (bicyclic) bond motifs is 1. The minimum atomic E-state index is -1.17. The summed E-state index contributed by atoms with van der Waals surface area (Å²) in [7, 11) is -1.13. The second-order valence-electron chi connectivity index (χ2n) is 7.71. The van der Waals surface area contributed by atoms with Crippen molar-refractivity contribution in [1.29, 1.82) is 0 Å². The molecule has 11 heteroatoms. The predicted molar refractivity (Wildman–Crippen MR) is 113 cm³/mol. The van der Waals surface area contributed by atoms with Gasteiger partial charge in [-0.15, -0.1) is 4.68 Å². The van der Waals surface area contributed by atoms with Gasteiger partial charge in [-0.05, 0) is 28.9 Å². The summed E-state index contributed by atoms with van der Waals surface area (Å²) in [6.07, 6.45) is 2.27. The fourth-order valence-electron chi connectivity index (χ4n) is 2.58. The molecule has 0 aliphatic rings. The van der Waals surface area contributed by atoms with Gasteiger partial charge >= 0.3 is 6.09 Å². The van der Waals surface area contributed by atoms with Crippen LogP contribution in [0.25, 0.3) is 11.2 Å². The van der Waals surface area contributed by atoms with Crippen LogP contribution in [0.3, 0.4) is 0 Å². The van der Waals surface area contributed by atoms with Crippen LogP contribution in [-0.2, 0) is 11.5 Å². The van der Waals surface area contributed by atoms with Crippen molar-refractivity contribution in [2.24, 2.45) is 0 Å². The van der Waals surface area contributed by atoms with E-state index in [0.717, 1.165) is 21.8 Å². The summed E-state index contributed by atoms with van der Waals surface area (Å²) in [5.74, 6) is 0.733. The Labute approximate surface area is 171 Å². The second kappa shape index (κ2) is 8.01. The van der Waals surface area contributed by atoms with Crippen molar-refractivity contribution in [3.05, 3.63) is 28.6 Å². The van der Waals surface area contributed by atoms with E-state index in [1.54, 1.807) is 19.2 Å². The molecule has 28 heavy (non-hydrogen) atoms. The monoisotopic (exact) mass is 466 g/mol. The van der Waals surface area contributed by atoms with Crippen molar-refractivity contribution in [3.63, 3.8) is 0 Å². The molecule has 3 rings (SSSR count). The first kappa shape index (κ1) is 20.5. The number of halogens is 1. The van der Waals surface area contributed by atoms with Crippen LogP contribution >= 0.6 is 15.9 Å². The molecule has 0 fully saturated rings. The number of aromatic nitrogens is 5. The summed E-state index contributed by atoms with van der Waals surface area (Å²) in [4.78, 5) is 20.3. The van der Waals surface area contributed by atoms with Crippen molar-refractivity contribution >= 4 is 52.9 Å². The van der Waals surface area contributed by atoms with Gasteiger partial charge in [-0.25, -0.2) is 14.8 Å². The van der Waals surface area contributed by atoms with Gasteiger partial charge in [0.15, 0.2) is 11.5 Å². The van der Waals surface area contributed by atoms with E-state index >= 15 is 0 Å². The maximum Gasteiger partial charge on any atom is 0.434 e. The minimum absolute atomic E-state index is 0.309. The Bertz CT molecular complexity index is 1010. The molecule has 2 N–H and O–H groups in total. The van der Waals surface area contributed by atoms with Gasteiger partial charge < -0.3 is 19.7 Å². The Morgan fingerprint density at radius 1 is 1.39 bits per heavy atom. The van der Waals surface area contributed by atoms with Crippen LogP contribution in [-0.4, -0.2) is 50.2 Å². The van der Waals surface area contributed by atoms with Gasteiger partial charge in [0.25, 0.3) is 0 Å². The lowest BCUT2D eigenvalue weighted by atomic mass is 10.4. The molecule has 0 spiro atoms. The maximum absolute atomic E-state index is 11.3. The van der Waals surface area contributed by atoms with Crippen molar-refractivity contribution in [1.82, 2.24) is 24.3 Å². The van der Waals surface area contributed by atoms with Gasteiger partial charge in [-0.1, -0.05) is 19.6 Å². The summed E-state index contributed by atoms with van der Waals surface area (Å²) in [6, 6.07) is 2.73. The summed E-state index contributed by atoms with van der Waals surface area (Å²) < 4.78 is 9.36. The second-order valence-corrected chi connectivity index (χ2v) is 14.2. The van der Waals surface area contributed by atoms with Crippen LogP contribution in [0.15, 0.2) is 22.9 Å². The van der Waals surface area contributed by atoms with Crippen LogP contribution in [0.4, 0.5) is 16.4 Å². The highest BCUT2D eigenvalue weighted by Crippen LogP contribution is 2.25. The number of hydrogen-bond acceptors (Lipinski definition) is 6. The van der Waals surface area contributed by atoms with Crippen molar-refractivity contribution in [2.45, 2.75) is 39.3 Å². The fourth-order valence-corrected chi connectivity index (χ4v) is 3.85. The van der Waals surface area contributed by atoms with E-state index < -0.39 is 14.2 Å². The smallest absolute Gasteiger partial charge is 0.434 e. The van der Waals surface area contributed by atoms with Crippen molar-refractivity contribution in [2.75, 3.05) is 11.9 Å². The Balaban J connectivity index is 1.77. The summed E-state index contributed by atoms with van der Waals surface area (Å²) in [6.45, 7) is 9.79. The lowest BCUT2D eigenvalue weighted by molar-refractivity contribution is 0.0898. The van der Waals surface area contributed by atoms with E-state index in [2.05, 4.69) is 56.0 Å². The molecule has 0 saturated carbocycles. The van der Waals surface area contributed by atoms with Gasteiger partial charge in [0.1, 0.15) is 18.1 Å². The normalized spacial score (nSPS) is 11.9. The minimum Gasteiger partial charge on any atom is -0.463 e. The van der Waals surface area contributed by atoms with Crippen molar-refractivity contribution < 1.29 is 14.6 Å². The molecule has 0 radical (unpaired) electrons. The third-order valence-electron chi connectivity index (χ3n) is 4.02. The van der Waals surface area contributed by atoms with E-state index in [9.17, 15) is 9.90 Å². The van der Waals surface area contributed by atoms with E-state index in [1.807, 2.05) is 10.8 Å². The molecule has 0 unspecified atom stereocenters. The van der Waals surface area contributed by atoms with E-state index in [4.69, 9.17) is 4.74 Å². The van der Waals surface area contributed by atoms with E-state index in [1.165, 1.54) is 0 Å². The molecule has 0 aliphatic carbocycles. The molecule has 0 aliphatic heterocycles. The molecule has 0 atom stereocenters. The number of nitrogens with one attached hydrogen (secondary N) is 1. The van der Waals surface area contributed by atoms with Gasteiger partial charge in [0.05, 0.1) is 16.4 Å².